The summed E-state index contributed by atoms with van der Waals surface area (Å²) < 4.78 is 3.58. The molecule has 40 heavy (non-hydrogen) atoms. The third-order valence-electron chi connectivity index (χ3n) is 8.94. The minimum Gasteiger partial charge on any atom is -0.396 e. The van der Waals surface area contributed by atoms with Crippen LogP contribution >= 0.6 is 15.9 Å². The molecular weight excluding hydrogens is 572 g/mol. The Balaban J connectivity index is 0.000000132. The van der Waals surface area contributed by atoms with Crippen LogP contribution in [-0.4, -0.2) is 66.6 Å². The molecule has 0 aliphatic heterocycles. The zero-order chi connectivity index (χ0) is 27.1. The predicted molar refractivity (Wildman–Crippen MR) is 156 cm³/mol. The van der Waals surface area contributed by atoms with Gasteiger partial charge in [0.1, 0.15) is 35.0 Å². The summed E-state index contributed by atoms with van der Waals surface area (Å²) in [7, 11) is 0. The maximum atomic E-state index is 9.25. The maximum Gasteiger partial charge on any atom is 0.141 e. The lowest BCUT2D eigenvalue weighted by molar-refractivity contribution is 0.182. The van der Waals surface area contributed by atoms with Gasteiger partial charge in [-0.15, -0.1) is 10.2 Å². The van der Waals surface area contributed by atoms with E-state index in [-0.39, 0.29) is 0 Å². The van der Waals surface area contributed by atoms with Gasteiger partial charge < -0.3 is 15.1 Å². The number of hydrogen-bond donors (Lipinski definition) is 3. The second-order valence-corrected chi connectivity index (χ2v) is 11.9. The summed E-state index contributed by atoms with van der Waals surface area (Å²) in [6.45, 7) is 0.306. The van der Waals surface area contributed by atoms with E-state index in [1.54, 1.807) is 17.2 Å². The molecule has 12 heteroatoms. The van der Waals surface area contributed by atoms with Crippen molar-refractivity contribution in [2.75, 3.05) is 11.9 Å². The van der Waals surface area contributed by atoms with Crippen molar-refractivity contribution < 1.29 is 5.11 Å². The normalized spacial score (nSPS) is 23.6. The highest BCUT2D eigenvalue weighted by Gasteiger charge is 2.27. The molecule has 0 radical (unpaired) electrons. The average molecular weight is 606 g/mol. The Morgan fingerprint density at radius 1 is 0.725 bits per heavy atom. The van der Waals surface area contributed by atoms with Gasteiger partial charge in [0.05, 0.1) is 11.4 Å². The second-order valence-electron chi connectivity index (χ2n) is 11.3. The van der Waals surface area contributed by atoms with E-state index in [1.807, 2.05) is 23.0 Å². The average Bonchev–Trinajstić information content (AvgIpc) is 3.82. The van der Waals surface area contributed by atoms with Crippen molar-refractivity contribution in [3.05, 3.63) is 48.6 Å². The first-order valence-electron chi connectivity index (χ1n) is 14.2. The van der Waals surface area contributed by atoms with E-state index in [0.717, 1.165) is 81.4 Å². The summed E-state index contributed by atoms with van der Waals surface area (Å²) in [6, 6.07) is 4.10. The zero-order valence-corrected chi connectivity index (χ0v) is 23.8. The summed E-state index contributed by atoms with van der Waals surface area (Å²) in [4.78, 5) is 15.0. The lowest BCUT2D eigenvalue weighted by atomic mass is 9.80. The maximum absolute atomic E-state index is 9.25. The molecule has 3 N–H and O–H groups in total. The van der Waals surface area contributed by atoms with Gasteiger partial charge in [0.15, 0.2) is 0 Å². The topological polar surface area (TPSA) is 138 Å². The van der Waals surface area contributed by atoms with E-state index in [0.29, 0.717) is 24.4 Å². The number of hydrogen-bond acceptors (Lipinski definition) is 7. The molecule has 2 aliphatic carbocycles. The molecule has 0 saturated heterocycles. The van der Waals surface area contributed by atoms with Crippen molar-refractivity contribution in [3.63, 3.8) is 0 Å². The van der Waals surface area contributed by atoms with E-state index < -0.39 is 0 Å². The smallest absolute Gasteiger partial charge is 0.141 e. The number of nitrogens with zero attached hydrogens (tertiary/aromatic N) is 8. The number of H-pyrrole nitrogens is 2. The Hall–Kier alpha value is -3.38. The fourth-order valence-corrected chi connectivity index (χ4v) is 7.24. The molecule has 0 atom stereocenters. The summed E-state index contributed by atoms with van der Waals surface area (Å²) in [5, 5.41) is 29.9. The Morgan fingerprint density at radius 3 is 1.65 bits per heavy atom. The number of aliphatic hydroxyl groups excluding tert-OH is 1. The molecule has 6 aromatic heterocycles. The lowest BCUT2D eigenvalue weighted by Gasteiger charge is -2.26. The molecular formula is C28H33BrN10O. The molecule has 0 amide bonds. The van der Waals surface area contributed by atoms with Gasteiger partial charge in [-0.3, -0.25) is 0 Å². The molecule has 2 aliphatic rings. The first-order chi connectivity index (χ1) is 19.7. The number of aromatic nitrogens is 10. The Morgan fingerprint density at radius 2 is 1.20 bits per heavy atom. The minimum atomic E-state index is 0.306. The summed E-state index contributed by atoms with van der Waals surface area (Å²) in [5.74, 6) is 2.25. The highest BCUT2D eigenvalue weighted by atomic mass is 79.9. The molecule has 11 nitrogen and oxygen atoms in total. The highest BCUT2D eigenvalue weighted by Crippen LogP contribution is 2.39. The number of aliphatic hydroxyl groups is 1. The van der Waals surface area contributed by atoms with Gasteiger partial charge >= 0.3 is 0 Å². The Labute approximate surface area is 238 Å². The third kappa shape index (κ3) is 4.56. The van der Waals surface area contributed by atoms with Gasteiger partial charge in [0, 0.05) is 46.9 Å². The van der Waals surface area contributed by atoms with Gasteiger partial charge in [-0.25, -0.2) is 19.0 Å². The second kappa shape index (κ2) is 10.9. The molecule has 2 fully saturated rings. The summed E-state index contributed by atoms with van der Waals surface area (Å²) in [6.07, 6.45) is 16.5. The van der Waals surface area contributed by atoms with Crippen molar-refractivity contribution in [3.8, 4) is 0 Å². The summed E-state index contributed by atoms with van der Waals surface area (Å²) >= 11 is 3.60. The van der Waals surface area contributed by atoms with Crippen LogP contribution in [0.1, 0.15) is 74.6 Å². The minimum absolute atomic E-state index is 0.306. The molecule has 0 aromatic carbocycles. The first kappa shape index (κ1) is 25.6. The SMILES string of the molecule is BrCC1CCC(c2nnn3cnc4[nH]ccc4c23)CC1.OCC1CCC(c2nnn3cnc4[nH]ccc4c23)CC1. The van der Waals surface area contributed by atoms with Gasteiger partial charge in [-0.1, -0.05) is 26.4 Å². The highest BCUT2D eigenvalue weighted by molar-refractivity contribution is 9.09. The van der Waals surface area contributed by atoms with Crippen LogP contribution in [0.4, 0.5) is 0 Å². The largest absolute Gasteiger partial charge is 0.396 e. The van der Waals surface area contributed by atoms with E-state index in [2.05, 4.69) is 62.6 Å². The predicted octanol–water partition coefficient (Wildman–Crippen LogP) is 5.15. The molecule has 208 valence electrons. The van der Waals surface area contributed by atoms with Crippen LogP contribution in [0.25, 0.3) is 33.1 Å². The molecule has 8 rings (SSSR count). The van der Waals surface area contributed by atoms with Crippen LogP contribution in [0.2, 0.25) is 0 Å². The fourth-order valence-electron chi connectivity index (χ4n) is 6.60. The van der Waals surface area contributed by atoms with Crippen molar-refractivity contribution in [2.45, 2.75) is 63.2 Å². The van der Waals surface area contributed by atoms with Gasteiger partial charge in [-0.05, 0) is 75.3 Å². The van der Waals surface area contributed by atoms with Gasteiger partial charge in [0.2, 0.25) is 0 Å². The quantitative estimate of drug-likeness (QED) is 0.237. The number of halogens is 1. The van der Waals surface area contributed by atoms with Crippen LogP contribution in [0.3, 0.4) is 0 Å². The van der Waals surface area contributed by atoms with Crippen LogP contribution < -0.4 is 0 Å². The van der Waals surface area contributed by atoms with Crippen molar-refractivity contribution in [2.24, 2.45) is 11.8 Å². The molecule has 0 bridgehead atoms. The van der Waals surface area contributed by atoms with Crippen molar-refractivity contribution in [1.29, 1.82) is 0 Å². The first-order valence-corrected chi connectivity index (χ1v) is 15.4. The molecule has 0 unspecified atom stereocenters. The molecule has 0 spiro atoms. The summed E-state index contributed by atoms with van der Waals surface area (Å²) in [5.41, 5.74) is 6.21. The van der Waals surface area contributed by atoms with E-state index >= 15 is 0 Å². The standard InChI is InChI=1S/C14H16BrN5.C14H17N5O/c15-7-9-1-3-10(4-2-9)12-13-11-5-6-16-14(11)17-8-20(13)19-18-12;20-7-9-1-3-10(4-2-9)12-13-11-5-6-15-14(11)16-8-19(13)18-17-12/h5-6,8-10,16H,1-4,7H2;5-6,8-10,15,20H,1-4,7H2. The van der Waals surface area contributed by atoms with Crippen molar-refractivity contribution in [1.82, 2.24) is 49.6 Å². The van der Waals surface area contributed by atoms with Crippen LogP contribution in [0.15, 0.2) is 37.2 Å². The number of alkyl halides is 1. The zero-order valence-electron chi connectivity index (χ0n) is 22.2. The van der Waals surface area contributed by atoms with E-state index in [1.165, 1.54) is 25.7 Å². The Kier molecular flexibility index (Phi) is 6.96. The van der Waals surface area contributed by atoms with E-state index in [4.69, 9.17) is 0 Å². The van der Waals surface area contributed by atoms with Crippen LogP contribution in [0, 0.1) is 11.8 Å². The Bertz CT molecular complexity index is 1610. The number of nitrogens with one attached hydrogen (secondary N) is 2. The number of aromatic amines is 2. The monoisotopic (exact) mass is 604 g/mol. The molecule has 6 aromatic rings. The lowest BCUT2D eigenvalue weighted by Crippen LogP contribution is -2.16. The molecule has 6 heterocycles. The number of fused-ring (bicyclic) bond motifs is 6. The molecule has 2 saturated carbocycles. The number of rotatable bonds is 4. The third-order valence-corrected chi connectivity index (χ3v) is 9.85. The van der Waals surface area contributed by atoms with Crippen LogP contribution in [-0.2, 0) is 0 Å². The van der Waals surface area contributed by atoms with Crippen molar-refractivity contribution >= 4 is 49.0 Å². The van der Waals surface area contributed by atoms with Gasteiger partial charge in [-0.2, -0.15) is 0 Å². The van der Waals surface area contributed by atoms with Gasteiger partial charge in [0.25, 0.3) is 0 Å². The van der Waals surface area contributed by atoms with E-state index in [9.17, 15) is 5.11 Å². The van der Waals surface area contributed by atoms with Crippen LogP contribution in [0.5, 0.6) is 0 Å². The fraction of sp³-hybridized carbons (Fsp3) is 0.500.